The van der Waals surface area contributed by atoms with Gasteiger partial charge in [-0.1, -0.05) is 154 Å². The molecule has 0 aliphatic rings. The highest BCUT2D eigenvalue weighted by atomic mass is 16.5. The lowest BCUT2D eigenvalue weighted by atomic mass is 10.1. The van der Waals surface area contributed by atoms with Crippen LogP contribution in [-0.2, 0) is 9.47 Å². The lowest BCUT2D eigenvalue weighted by Crippen LogP contribution is -2.31. The number of unbranched alkanes of at least 4 members (excludes halogenated alkanes) is 24. The molecule has 0 radical (unpaired) electrons. The maximum atomic E-state index is 6.13. The molecule has 3 heteroatoms. The summed E-state index contributed by atoms with van der Waals surface area (Å²) < 4.78 is 12.1. The van der Waals surface area contributed by atoms with Crippen molar-refractivity contribution < 1.29 is 9.47 Å². The van der Waals surface area contributed by atoms with E-state index in [0.29, 0.717) is 0 Å². The molecule has 0 aromatic carbocycles. The van der Waals surface area contributed by atoms with Gasteiger partial charge in [0.2, 0.25) is 0 Å². The van der Waals surface area contributed by atoms with Gasteiger partial charge in [0.05, 0.1) is 12.7 Å². The van der Waals surface area contributed by atoms with Crippen LogP contribution in [0.1, 0.15) is 194 Å². The van der Waals surface area contributed by atoms with Gasteiger partial charge in [0.1, 0.15) is 0 Å². The molecule has 0 rings (SSSR count). The third-order valence-electron chi connectivity index (χ3n) is 8.55. The van der Waals surface area contributed by atoms with Gasteiger partial charge in [-0.05, 0) is 71.3 Å². The molecule has 1 N–H and O–H groups in total. The minimum Gasteiger partial charge on any atom is -0.379 e. The fourth-order valence-corrected chi connectivity index (χ4v) is 5.66. The van der Waals surface area contributed by atoms with Crippen LogP contribution < -0.4 is 5.32 Å². The van der Waals surface area contributed by atoms with Crippen molar-refractivity contribution in [2.45, 2.75) is 200 Å². The summed E-state index contributed by atoms with van der Waals surface area (Å²) in [5.74, 6) is 0. The minimum absolute atomic E-state index is 0.183. The van der Waals surface area contributed by atoms with E-state index in [-0.39, 0.29) is 6.10 Å². The van der Waals surface area contributed by atoms with Crippen molar-refractivity contribution in [2.75, 3.05) is 33.4 Å². The van der Waals surface area contributed by atoms with Gasteiger partial charge in [-0.2, -0.15) is 0 Å². The first-order valence-electron chi connectivity index (χ1n) is 19.5. The lowest BCUT2D eigenvalue weighted by Gasteiger charge is -2.18. The molecule has 0 aliphatic carbocycles. The zero-order chi connectivity index (χ0) is 31.2. The van der Waals surface area contributed by atoms with Crippen molar-refractivity contribution in [1.82, 2.24) is 5.32 Å². The highest BCUT2D eigenvalue weighted by molar-refractivity contribution is 4.82. The van der Waals surface area contributed by atoms with Gasteiger partial charge in [0.25, 0.3) is 0 Å². The van der Waals surface area contributed by atoms with E-state index in [1.165, 1.54) is 180 Å². The molecule has 1 unspecified atom stereocenters. The Hall–Kier alpha value is -0.640. The topological polar surface area (TPSA) is 30.5 Å². The molecular weight excluding hydrogens is 526 g/mol. The third-order valence-corrected chi connectivity index (χ3v) is 8.55. The number of likely N-dealkylation sites (N-methyl/N-ethyl adjacent to an activating group) is 1. The predicted molar refractivity (Wildman–Crippen MR) is 193 cm³/mol. The molecule has 0 saturated heterocycles. The van der Waals surface area contributed by atoms with Crippen molar-refractivity contribution >= 4 is 0 Å². The van der Waals surface area contributed by atoms with Gasteiger partial charge in [0.15, 0.2) is 0 Å². The van der Waals surface area contributed by atoms with Gasteiger partial charge >= 0.3 is 0 Å². The van der Waals surface area contributed by atoms with Crippen LogP contribution in [0.15, 0.2) is 24.3 Å². The van der Waals surface area contributed by atoms with Gasteiger partial charge in [0, 0.05) is 19.8 Å². The van der Waals surface area contributed by atoms with Gasteiger partial charge in [-0.25, -0.2) is 0 Å². The quantitative estimate of drug-likeness (QED) is 0.0564. The molecule has 1 atom stereocenters. The Kier molecular flexibility index (Phi) is 38.8. The van der Waals surface area contributed by atoms with E-state index in [0.717, 1.165) is 26.4 Å². The first-order chi connectivity index (χ1) is 21.3. The van der Waals surface area contributed by atoms with Crippen LogP contribution in [0.25, 0.3) is 0 Å². The largest absolute Gasteiger partial charge is 0.379 e. The van der Waals surface area contributed by atoms with Crippen LogP contribution in [0.5, 0.6) is 0 Å². The Morgan fingerprint density at radius 1 is 0.442 bits per heavy atom. The zero-order valence-corrected chi connectivity index (χ0v) is 29.8. The molecule has 43 heavy (non-hydrogen) atoms. The molecular formula is C40H79NO2. The molecule has 0 aromatic rings. The SMILES string of the molecule is CCCCCCCCC=CCCCCCCCCOCC(CNC)OCCCCCCCCC=CCCCCCCCC. The van der Waals surface area contributed by atoms with Crippen molar-refractivity contribution in [3.63, 3.8) is 0 Å². The molecule has 0 heterocycles. The van der Waals surface area contributed by atoms with Crippen LogP contribution in [0, 0.1) is 0 Å². The standard InChI is InChI=1S/C40H79NO2/c1-4-6-8-10-12-14-16-18-20-22-24-26-28-30-32-34-36-42-39-40(38-41-3)43-37-35-33-31-29-27-25-23-21-19-17-15-13-11-9-7-5-2/h18-21,40-41H,4-17,22-39H2,1-3H3. The second kappa shape index (κ2) is 39.4. The smallest absolute Gasteiger partial charge is 0.0932 e. The average Bonchev–Trinajstić information content (AvgIpc) is 3.01. The molecule has 0 amide bonds. The van der Waals surface area contributed by atoms with E-state index >= 15 is 0 Å². The maximum Gasteiger partial charge on any atom is 0.0932 e. The Labute approximate surface area is 271 Å². The van der Waals surface area contributed by atoms with Crippen LogP contribution in [0.3, 0.4) is 0 Å². The predicted octanol–water partition coefficient (Wildman–Crippen LogP) is 12.7. The van der Waals surface area contributed by atoms with Crippen molar-refractivity contribution in [3.8, 4) is 0 Å². The van der Waals surface area contributed by atoms with E-state index in [1.807, 2.05) is 7.05 Å². The molecule has 0 fully saturated rings. The van der Waals surface area contributed by atoms with Crippen molar-refractivity contribution in [2.24, 2.45) is 0 Å². The fourth-order valence-electron chi connectivity index (χ4n) is 5.66. The number of hydrogen-bond donors (Lipinski definition) is 1. The van der Waals surface area contributed by atoms with Crippen LogP contribution >= 0.6 is 0 Å². The van der Waals surface area contributed by atoms with E-state index in [1.54, 1.807) is 0 Å². The lowest BCUT2D eigenvalue weighted by molar-refractivity contribution is -0.0167. The minimum atomic E-state index is 0.183. The number of allylic oxidation sites excluding steroid dienone is 4. The Balaban J connectivity index is 3.42. The summed E-state index contributed by atoms with van der Waals surface area (Å²) in [7, 11) is 2.01. The summed E-state index contributed by atoms with van der Waals surface area (Å²) in [4.78, 5) is 0. The zero-order valence-electron chi connectivity index (χ0n) is 29.8. The average molecular weight is 606 g/mol. The van der Waals surface area contributed by atoms with E-state index in [9.17, 15) is 0 Å². The highest BCUT2D eigenvalue weighted by Crippen LogP contribution is 2.12. The molecule has 0 spiro atoms. The van der Waals surface area contributed by atoms with E-state index < -0.39 is 0 Å². The molecule has 0 saturated carbocycles. The molecule has 0 aromatic heterocycles. The summed E-state index contributed by atoms with van der Waals surface area (Å²) in [5.41, 5.74) is 0. The van der Waals surface area contributed by atoms with Gasteiger partial charge in [-0.3, -0.25) is 0 Å². The molecule has 0 bridgehead atoms. The number of ether oxygens (including phenoxy) is 2. The number of hydrogen-bond acceptors (Lipinski definition) is 3. The summed E-state index contributed by atoms with van der Waals surface area (Å²) >= 11 is 0. The Bertz CT molecular complexity index is 547. The summed E-state index contributed by atoms with van der Waals surface area (Å²) in [6.45, 7) is 7.91. The first-order valence-corrected chi connectivity index (χ1v) is 19.5. The maximum absolute atomic E-state index is 6.13. The van der Waals surface area contributed by atoms with Crippen LogP contribution in [0.4, 0.5) is 0 Å². The van der Waals surface area contributed by atoms with Gasteiger partial charge in [-0.15, -0.1) is 0 Å². The summed E-state index contributed by atoms with van der Waals surface area (Å²) in [6, 6.07) is 0. The third kappa shape index (κ3) is 37.5. The second-order valence-electron chi connectivity index (χ2n) is 13.0. The first kappa shape index (κ1) is 42.4. The molecule has 3 nitrogen and oxygen atoms in total. The second-order valence-corrected chi connectivity index (χ2v) is 13.0. The van der Waals surface area contributed by atoms with Crippen LogP contribution in [0.2, 0.25) is 0 Å². The molecule has 256 valence electrons. The molecule has 0 aliphatic heterocycles. The van der Waals surface area contributed by atoms with E-state index in [4.69, 9.17) is 9.47 Å². The fraction of sp³-hybridized carbons (Fsp3) is 0.900. The number of rotatable bonds is 37. The highest BCUT2D eigenvalue weighted by Gasteiger charge is 2.08. The van der Waals surface area contributed by atoms with Gasteiger partial charge < -0.3 is 14.8 Å². The van der Waals surface area contributed by atoms with Crippen molar-refractivity contribution in [3.05, 3.63) is 24.3 Å². The van der Waals surface area contributed by atoms with Crippen LogP contribution in [-0.4, -0.2) is 39.5 Å². The Morgan fingerprint density at radius 3 is 1.19 bits per heavy atom. The monoisotopic (exact) mass is 606 g/mol. The summed E-state index contributed by atoms with van der Waals surface area (Å²) in [5, 5.41) is 3.27. The normalized spacial score (nSPS) is 12.7. The van der Waals surface area contributed by atoms with E-state index in [2.05, 4.69) is 43.5 Å². The number of nitrogens with one attached hydrogen (secondary N) is 1. The Morgan fingerprint density at radius 2 is 0.791 bits per heavy atom. The summed E-state index contributed by atoms with van der Waals surface area (Å²) in [6.07, 6.45) is 47.5. The van der Waals surface area contributed by atoms with Crippen molar-refractivity contribution in [1.29, 1.82) is 0 Å².